The molecule has 3 aliphatic rings. The Kier molecular flexibility index (Phi) is 4.38. The quantitative estimate of drug-likeness (QED) is 0.798. The monoisotopic (exact) mass is 282 g/mol. The number of carboxylic acids is 1. The minimum absolute atomic E-state index is 0.103. The number of aliphatic carboxylic acids is 1. The van der Waals surface area contributed by atoms with Gasteiger partial charge in [-0.05, 0) is 38.5 Å². The lowest BCUT2D eigenvalue weighted by Gasteiger charge is -2.25. The lowest BCUT2D eigenvalue weighted by molar-refractivity contribution is -0.134. The number of ether oxygens (including phenoxy) is 3. The molecule has 112 valence electrons. The molecule has 5 heteroatoms. The van der Waals surface area contributed by atoms with Crippen molar-refractivity contribution in [1.29, 1.82) is 0 Å². The molecule has 0 radical (unpaired) electrons. The van der Waals surface area contributed by atoms with Crippen LogP contribution in [-0.2, 0) is 19.0 Å². The Labute approximate surface area is 118 Å². The molecular weight excluding hydrogens is 260 g/mol. The fraction of sp³-hybridized carbons (Fsp3) is 0.800. The molecule has 1 N–H and O–H groups in total. The third-order valence-electron chi connectivity index (χ3n) is 4.35. The van der Waals surface area contributed by atoms with E-state index in [-0.39, 0.29) is 18.3 Å². The second kappa shape index (κ2) is 6.24. The molecule has 3 atom stereocenters. The first-order chi connectivity index (χ1) is 9.77. The molecule has 3 unspecified atom stereocenters. The summed E-state index contributed by atoms with van der Waals surface area (Å²) in [6, 6.07) is 0. The van der Waals surface area contributed by atoms with Crippen LogP contribution in [0.3, 0.4) is 0 Å². The molecule has 20 heavy (non-hydrogen) atoms. The highest BCUT2D eigenvalue weighted by atomic mass is 16.5. The third-order valence-corrected chi connectivity index (χ3v) is 4.35. The molecule has 0 spiro atoms. The van der Waals surface area contributed by atoms with Gasteiger partial charge in [-0.3, -0.25) is 0 Å². The van der Waals surface area contributed by atoms with Crippen molar-refractivity contribution in [3.8, 4) is 0 Å². The van der Waals surface area contributed by atoms with Gasteiger partial charge in [0.05, 0.1) is 23.9 Å². The molecule has 0 aromatic carbocycles. The van der Waals surface area contributed by atoms with Gasteiger partial charge >= 0.3 is 5.97 Å². The normalized spacial score (nSPS) is 33.5. The van der Waals surface area contributed by atoms with E-state index in [4.69, 9.17) is 14.2 Å². The molecule has 0 aromatic rings. The van der Waals surface area contributed by atoms with Gasteiger partial charge in [-0.15, -0.1) is 0 Å². The second-order valence-corrected chi connectivity index (χ2v) is 5.68. The Bertz CT molecular complexity index is 367. The molecule has 3 heterocycles. The average Bonchev–Trinajstić information content (AvgIpc) is 3.17. The molecular formula is C15H22O5. The van der Waals surface area contributed by atoms with E-state index in [1.165, 1.54) is 0 Å². The molecule has 0 saturated carbocycles. The molecule has 0 amide bonds. The summed E-state index contributed by atoms with van der Waals surface area (Å²) in [6.07, 6.45) is 4.95. The predicted molar refractivity (Wildman–Crippen MR) is 71.6 cm³/mol. The maximum atomic E-state index is 11.8. The molecule has 3 rings (SSSR count). The van der Waals surface area contributed by atoms with Crippen molar-refractivity contribution >= 4 is 5.97 Å². The van der Waals surface area contributed by atoms with Crippen LogP contribution in [0, 0.1) is 0 Å². The first-order valence-corrected chi connectivity index (χ1v) is 7.59. The highest BCUT2D eigenvalue weighted by molar-refractivity contribution is 5.89. The highest BCUT2D eigenvalue weighted by Gasteiger charge is 2.38. The summed E-state index contributed by atoms with van der Waals surface area (Å²) < 4.78 is 17.1. The first kappa shape index (κ1) is 14.0. The number of hydrogen-bond acceptors (Lipinski definition) is 4. The lowest BCUT2D eigenvalue weighted by Crippen LogP contribution is -2.30. The van der Waals surface area contributed by atoms with Crippen LogP contribution in [0.25, 0.3) is 0 Å². The van der Waals surface area contributed by atoms with Crippen molar-refractivity contribution in [2.45, 2.75) is 56.8 Å². The molecule has 3 fully saturated rings. The van der Waals surface area contributed by atoms with Gasteiger partial charge in [-0.1, -0.05) is 0 Å². The summed E-state index contributed by atoms with van der Waals surface area (Å²) in [5.74, 6) is -0.877. The zero-order valence-electron chi connectivity index (χ0n) is 11.7. The summed E-state index contributed by atoms with van der Waals surface area (Å²) >= 11 is 0. The standard InChI is InChI=1S/C15H22O5/c16-15(17)14(12-6-3-9-20-12)13(10-4-1-7-18-10)11-5-2-8-19-11/h10-12H,1-9H2,(H,16,17). The predicted octanol–water partition coefficient (Wildman–Crippen LogP) is 1.90. The first-order valence-electron chi connectivity index (χ1n) is 7.59. The van der Waals surface area contributed by atoms with Gasteiger partial charge in [0.1, 0.15) is 0 Å². The van der Waals surface area contributed by atoms with Crippen LogP contribution >= 0.6 is 0 Å². The van der Waals surface area contributed by atoms with Crippen LogP contribution in [0.1, 0.15) is 38.5 Å². The van der Waals surface area contributed by atoms with Gasteiger partial charge in [-0.2, -0.15) is 0 Å². The van der Waals surface area contributed by atoms with Gasteiger partial charge in [0.2, 0.25) is 0 Å². The molecule has 5 nitrogen and oxygen atoms in total. The fourth-order valence-corrected chi connectivity index (χ4v) is 3.45. The van der Waals surface area contributed by atoms with Crippen molar-refractivity contribution in [1.82, 2.24) is 0 Å². The van der Waals surface area contributed by atoms with Gasteiger partial charge < -0.3 is 19.3 Å². The SMILES string of the molecule is O=C(O)C(=C(C1CCCO1)C1CCCO1)C1CCCO1. The van der Waals surface area contributed by atoms with E-state index in [1.807, 2.05) is 0 Å². The minimum Gasteiger partial charge on any atom is -0.478 e. The van der Waals surface area contributed by atoms with Crippen molar-refractivity contribution in [2.24, 2.45) is 0 Å². The maximum Gasteiger partial charge on any atom is 0.334 e. The second-order valence-electron chi connectivity index (χ2n) is 5.68. The van der Waals surface area contributed by atoms with E-state index in [2.05, 4.69) is 0 Å². The Morgan fingerprint density at radius 2 is 1.25 bits per heavy atom. The van der Waals surface area contributed by atoms with Crippen LogP contribution in [-0.4, -0.2) is 49.2 Å². The van der Waals surface area contributed by atoms with Crippen molar-refractivity contribution < 1.29 is 24.1 Å². The van der Waals surface area contributed by atoms with Crippen LogP contribution in [0.15, 0.2) is 11.1 Å². The van der Waals surface area contributed by atoms with Crippen molar-refractivity contribution in [3.05, 3.63) is 11.1 Å². The smallest absolute Gasteiger partial charge is 0.334 e. The summed E-state index contributed by atoms with van der Waals surface area (Å²) in [5, 5.41) is 9.68. The van der Waals surface area contributed by atoms with Gasteiger partial charge in [0.15, 0.2) is 0 Å². The van der Waals surface area contributed by atoms with E-state index in [1.54, 1.807) is 0 Å². The Balaban J connectivity index is 1.96. The van der Waals surface area contributed by atoms with Gasteiger partial charge in [0.25, 0.3) is 0 Å². The number of rotatable bonds is 4. The van der Waals surface area contributed by atoms with E-state index in [0.717, 1.165) is 44.1 Å². The molecule has 0 aromatic heterocycles. The number of carboxylic acid groups (broad SMARTS) is 1. The van der Waals surface area contributed by atoms with Crippen molar-refractivity contribution in [2.75, 3.05) is 19.8 Å². The zero-order valence-corrected chi connectivity index (χ0v) is 11.7. The zero-order chi connectivity index (χ0) is 13.9. The summed E-state index contributed by atoms with van der Waals surface area (Å²) in [5.41, 5.74) is 1.25. The van der Waals surface area contributed by atoms with Gasteiger partial charge in [-0.25, -0.2) is 4.79 Å². The van der Waals surface area contributed by atoms with Crippen LogP contribution in [0.4, 0.5) is 0 Å². The fourth-order valence-electron chi connectivity index (χ4n) is 3.45. The number of hydrogen-bond donors (Lipinski definition) is 1. The van der Waals surface area contributed by atoms with E-state index in [0.29, 0.717) is 25.4 Å². The Morgan fingerprint density at radius 1 is 0.800 bits per heavy atom. The third kappa shape index (κ3) is 2.75. The van der Waals surface area contributed by atoms with Gasteiger partial charge in [0, 0.05) is 25.4 Å². The van der Waals surface area contributed by atoms with E-state index < -0.39 is 5.97 Å². The molecule has 0 aliphatic carbocycles. The summed E-state index contributed by atoms with van der Waals surface area (Å²) in [6.45, 7) is 2.06. The lowest BCUT2D eigenvalue weighted by atomic mass is 9.90. The maximum absolute atomic E-state index is 11.8. The van der Waals surface area contributed by atoms with E-state index in [9.17, 15) is 9.90 Å². The number of carbonyl (C=O) groups is 1. The average molecular weight is 282 g/mol. The summed E-state index contributed by atoms with van der Waals surface area (Å²) in [7, 11) is 0. The van der Waals surface area contributed by atoms with Crippen LogP contribution in [0.5, 0.6) is 0 Å². The van der Waals surface area contributed by atoms with Crippen LogP contribution < -0.4 is 0 Å². The van der Waals surface area contributed by atoms with E-state index >= 15 is 0 Å². The van der Waals surface area contributed by atoms with Crippen LogP contribution in [0.2, 0.25) is 0 Å². The molecule has 0 bridgehead atoms. The summed E-state index contributed by atoms with van der Waals surface area (Å²) in [4.78, 5) is 11.8. The Morgan fingerprint density at radius 3 is 1.60 bits per heavy atom. The minimum atomic E-state index is -0.877. The largest absolute Gasteiger partial charge is 0.478 e. The Hall–Kier alpha value is -0.910. The highest BCUT2D eigenvalue weighted by Crippen LogP contribution is 2.35. The molecule has 3 saturated heterocycles. The van der Waals surface area contributed by atoms with Crippen molar-refractivity contribution in [3.63, 3.8) is 0 Å². The molecule has 3 aliphatic heterocycles. The topological polar surface area (TPSA) is 65.0 Å².